The lowest BCUT2D eigenvalue weighted by molar-refractivity contribution is -0.0602. The molecule has 0 bridgehead atoms. The molecule has 0 aromatic carbocycles. The molecule has 1 aliphatic carbocycles. The molecule has 0 spiro atoms. The topological polar surface area (TPSA) is 116 Å². The molecule has 0 saturated heterocycles. The van der Waals surface area contributed by atoms with Gasteiger partial charge in [0.05, 0.1) is 5.60 Å². The number of anilines is 2. The third-order valence-electron chi connectivity index (χ3n) is 3.73. The van der Waals surface area contributed by atoms with Gasteiger partial charge >= 0.3 is 0 Å². The summed E-state index contributed by atoms with van der Waals surface area (Å²) in [4.78, 5) is 12.7. The fourth-order valence-corrected chi connectivity index (χ4v) is 2.26. The molecule has 1 saturated carbocycles. The zero-order valence-electron chi connectivity index (χ0n) is 11.8. The number of nitrogens with one attached hydrogen (secondary N) is 2. The van der Waals surface area contributed by atoms with Crippen molar-refractivity contribution in [1.82, 2.24) is 24.7 Å². The fraction of sp³-hybridized carbons (Fsp3) is 0.500. The minimum atomic E-state index is -0.116. The van der Waals surface area contributed by atoms with Crippen molar-refractivity contribution in [2.75, 3.05) is 24.4 Å². The lowest BCUT2D eigenvalue weighted by Crippen LogP contribution is -2.45. The highest BCUT2D eigenvalue weighted by atomic mass is 16.5. The predicted octanol–water partition coefficient (Wildman–Crippen LogP) is 0.324. The molecule has 21 heavy (non-hydrogen) atoms. The molecule has 112 valence electrons. The molecule has 0 atom stereocenters. The van der Waals surface area contributed by atoms with Crippen LogP contribution in [0.2, 0.25) is 0 Å². The maximum atomic E-state index is 5.56. The number of ether oxygens (including phenoxy) is 1. The van der Waals surface area contributed by atoms with Gasteiger partial charge in [-0.05, 0) is 25.3 Å². The number of nitrogen functional groups attached to an aromatic ring is 1. The van der Waals surface area contributed by atoms with Crippen molar-refractivity contribution in [3.63, 3.8) is 0 Å². The first-order chi connectivity index (χ1) is 10.2. The van der Waals surface area contributed by atoms with Crippen LogP contribution in [0.25, 0.3) is 5.95 Å². The Morgan fingerprint density at radius 3 is 2.71 bits per heavy atom. The Hall–Kier alpha value is -2.26. The molecule has 2 heterocycles. The van der Waals surface area contributed by atoms with E-state index in [2.05, 4.69) is 30.8 Å². The Morgan fingerprint density at radius 1 is 1.33 bits per heavy atom. The van der Waals surface area contributed by atoms with Gasteiger partial charge in [0.2, 0.25) is 11.9 Å². The maximum absolute atomic E-state index is 5.56. The highest BCUT2D eigenvalue weighted by Gasteiger charge is 2.36. The van der Waals surface area contributed by atoms with Crippen molar-refractivity contribution in [1.29, 1.82) is 0 Å². The normalized spacial score (nSPS) is 16.3. The van der Waals surface area contributed by atoms with Crippen LogP contribution in [0.4, 0.5) is 11.9 Å². The predicted molar refractivity (Wildman–Crippen MR) is 76.8 cm³/mol. The van der Waals surface area contributed by atoms with Gasteiger partial charge in [0.25, 0.3) is 5.95 Å². The van der Waals surface area contributed by atoms with Crippen molar-refractivity contribution >= 4 is 11.9 Å². The third kappa shape index (κ3) is 2.78. The number of hydrazine groups is 1. The van der Waals surface area contributed by atoms with Gasteiger partial charge in [-0.3, -0.25) is 5.43 Å². The van der Waals surface area contributed by atoms with Gasteiger partial charge in [-0.1, -0.05) is 0 Å². The van der Waals surface area contributed by atoms with Gasteiger partial charge in [0.1, 0.15) is 0 Å². The SMILES string of the molecule is COC1(CNc2nc(NN)nc(-n3cccn3)n2)CCC1. The zero-order chi connectivity index (χ0) is 14.7. The molecule has 0 aliphatic heterocycles. The minimum absolute atomic E-state index is 0.116. The lowest BCUT2D eigenvalue weighted by atomic mass is 9.80. The highest BCUT2D eigenvalue weighted by Crippen LogP contribution is 2.34. The second-order valence-corrected chi connectivity index (χ2v) is 4.97. The number of hydrogen-bond acceptors (Lipinski definition) is 8. The lowest BCUT2D eigenvalue weighted by Gasteiger charge is -2.40. The van der Waals surface area contributed by atoms with E-state index in [9.17, 15) is 0 Å². The average Bonchev–Trinajstić information content (AvgIpc) is 3.00. The van der Waals surface area contributed by atoms with Crippen LogP contribution in [-0.4, -0.2) is 44.0 Å². The van der Waals surface area contributed by atoms with Crippen molar-refractivity contribution in [2.45, 2.75) is 24.9 Å². The van der Waals surface area contributed by atoms with E-state index in [4.69, 9.17) is 10.6 Å². The van der Waals surface area contributed by atoms with E-state index in [1.807, 2.05) is 0 Å². The van der Waals surface area contributed by atoms with E-state index in [1.165, 1.54) is 6.42 Å². The monoisotopic (exact) mass is 290 g/mol. The molecule has 1 aliphatic rings. The summed E-state index contributed by atoms with van der Waals surface area (Å²) >= 11 is 0. The molecule has 0 radical (unpaired) electrons. The Morgan fingerprint density at radius 2 is 2.14 bits per heavy atom. The van der Waals surface area contributed by atoms with E-state index >= 15 is 0 Å². The van der Waals surface area contributed by atoms with Crippen LogP contribution in [0, 0.1) is 0 Å². The average molecular weight is 290 g/mol. The third-order valence-corrected chi connectivity index (χ3v) is 3.73. The van der Waals surface area contributed by atoms with Gasteiger partial charge in [-0.15, -0.1) is 0 Å². The summed E-state index contributed by atoms with van der Waals surface area (Å²) in [6, 6.07) is 1.79. The summed E-state index contributed by atoms with van der Waals surface area (Å²) < 4.78 is 7.11. The fourth-order valence-electron chi connectivity index (χ4n) is 2.26. The van der Waals surface area contributed by atoms with Crippen molar-refractivity contribution in [3.05, 3.63) is 18.5 Å². The van der Waals surface area contributed by atoms with Gasteiger partial charge in [-0.2, -0.15) is 20.1 Å². The van der Waals surface area contributed by atoms with Crippen LogP contribution in [-0.2, 0) is 4.74 Å². The number of nitrogens with two attached hydrogens (primary N) is 1. The molecular formula is C12H18N8O. The standard InChI is InChI=1S/C12H18N8O/c1-21-12(4-2-5-12)8-14-9-16-10(19-13)18-11(17-9)20-7-3-6-15-20/h3,6-7H,2,4-5,8,13H2,1H3,(H2,14,16,17,18,19). The van der Waals surface area contributed by atoms with Crippen LogP contribution in [0.1, 0.15) is 19.3 Å². The second-order valence-electron chi connectivity index (χ2n) is 4.97. The minimum Gasteiger partial charge on any atom is -0.376 e. The quantitative estimate of drug-likeness (QED) is 0.514. The molecule has 0 unspecified atom stereocenters. The van der Waals surface area contributed by atoms with Crippen LogP contribution >= 0.6 is 0 Å². The highest BCUT2D eigenvalue weighted by molar-refractivity contribution is 5.37. The largest absolute Gasteiger partial charge is 0.376 e. The van der Waals surface area contributed by atoms with Crippen molar-refractivity contribution in [3.8, 4) is 5.95 Å². The Balaban J connectivity index is 1.79. The Kier molecular flexibility index (Phi) is 3.67. The van der Waals surface area contributed by atoms with E-state index in [-0.39, 0.29) is 11.5 Å². The molecule has 1 fully saturated rings. The van der Waals surface area contributed by atoms with Crippen LogP contribution in [0.15, 0.2) is 18.5 Å². The first-order valence-electron chi connectivity index (χ1n) is 6.76. The van der Waals surface area contributed by atoms with Gasteiger partial charge < -0.3 is 10.1 Å². The molecule has 3 rings (SSSR count). The number of hydrogen-bond donors (Lipinski definition) is 3. The van der Waals surface area contributed by atoms with E-state index < -0.39 is 0 Å². The summed E-state index contributed by atoms with van der Waals surface area (Å²) in [6.07, 6.45) is 6.66. The number of nitrogens with zero attached hydrogens (tertiary/aromatic N) is 5. The van der Waals surface area contributed by atoms with Gasteiger partial charge in [0.15, 0.2) is 0 Å². The molecule has 0 amide bonds. The molecule has 9 heteroatoms. The number of methoxy groups -OCH3 is 1. The molecule has 2 aromatic rings. The number of rotatable bonds is 6. The maximum Gasteiger partial charge on any atom is 0.257 e. The second kappa shape index (κ2) is 5.62. The van der Waals surface area contributed by atoms with Crippen molar-refractivity contribution < 1.29 is 4.74 Å². The van der Waals surface area contributed by atoms with Crippen LogP contribution in [0.3, 0.4) is 0 Å². The molecule has 4 N–H and O–H groups in total. The zero-order valence-corrected chi connectivity index (χ0v) is 11.8. The molecule has 9 nitrogen and oxygen atoms in total. The van der Waals surface area contributed by atoms with E-state index in [1.54, 1.807) is 30.3 Å². The Bertz CT molecular complexity index is 590. The first-order valence-corrected chi connectivity index (χ1v) is 6.76. The smallest absolute Gasteiger partial charge is 0.257 e. The van der Waals surface area contributed by atoms with E-state index in [0.29, 0.717) is 18.4 Å². The molecular weight excluding hydrogens is 272 g/mol. The number of aromatic nitrogens is 5. The van der Waals surface area contributed by atoms with Gasteiger partial charge in [-0.25, -0.2) is 10.5 Å². The Labute approximate surface area is 121 Å². The van der Waals surface area contributed by atoms with Crippen LogP contribution in [0.5, 0.6) is 0 Å². The molecule has 2 aromatic heterocycles. The summed E-state index contributed by atoms with van der Waals surface area (Å²) in [5, 5.41) is 7.29. The van der Waals surface area contributed by atoms with Crippen molar-refractivity contribution in [2.24, 2.45) is 5.84 Å². The summed E-state index contributed by atoms with van der Waals surface area (Å²) in [5.41, 5.74) is 2.32. The summed E-state index contributed by atoms with van der Waals surface area (Å²) in [7, 11) is 1.73. The first kappa shape index (κ1) is 13.7. The van der Waals surface area contributed by atoms with Crippen LogP contribution < -0.4 is 16.6 Å². The summed E-state index contributed by atoms with van der Waals surface area (Å²) in [6.45, 7) is 0.649. The summed E-state index contributed by atoms with van der Waals surface area (Å²) in [5.74, 6) is 6.51. The van der Waals surface area contributed by atoms with E-state index in [0.717, 1.165) is 12.8 Å². The van der Waals surface area contributed by atoms with Gasteiger partial charge in [0, 0.05) is 26.0 Å².